The number of rotatable bonds is 7. The molecule has 1 N–H and O–H groups in total. The van der Waals surface area contributed by atoms with Gasteiger partial charge in [-0.25, -0.2) is 4.79 Å². The van der Waals surface area contributed by atoms with E-state index in [0.717, 1.165) is 43.1 Å². The van der Waals surface area contributed by atoms with E-state index in [4.69, 9.17) is 0 Å². The molecule has 2 heterocycles. The van der Waals surface area contributed by atoms with Gasteiger partial charge in [0.1, 0.15) is 0 Å². The minimum Gasteiger partial charge on any atom is -0.327 e. The van der Waals surface area contributed by atoms with Crippen LogP contribution in [0.4, 0.5) is 4.79 Å². The van der Waals surface area contributed by atoms with Gasteiger partial charge >= 0.3 is 6.03 Å². The van der Waals surface area contributed by atoms with Gasteiger partial charge in [0.2, 0.25) is 0 Å². The van der Waals surface area contributed by atoms with Crippen LogP contribution in [0.3, 0.4) is 0 Å². The molecule has 0 unspecified atom stereocenters. The van der Waals surface area contributed by atoms with Gasteiger partial charge in [0.05, 0.1) is 6.04 Å². The molecule has 2 aliphatic rings. The highest BCUT2D eigenvalue weighted by Gasteiger charge is 2.34. The molecule has 1 atom stereocenters. The van der Waals surface area contributed by atoms with E-state index >= 15 is 0 Å². The van der Waals surface area contributed by atoms with Crippen LogP contribution in [-0.4, -0.2) is 59.1 Å². The number of carbonyl (C=O) groups excluding carboxylic acids is 1. The van der Waals surface area contributed by atoms with Crippen molar-refractivity contribution < 1.29 is 4.79 Å². The van der Waals surface area contributed by atoms with Crippen molar-refractivity contribution in [2.24, 2.45) is 0 Å². The SMILES string of the molecule is CCSC[C@@H]1CCCN1C1CCN(C(=O)NC(c2ccccc2)c2ccccc2)CC1. The highest BCUT2D eigenvalue weighted by Crippen LogP contribution is 2.28. The number of likely N-dealkylation sites (tertiary alicyclic amines) is 2. The quantitative estimate of drug-likeness (QED) is 0.649. The van der Waals surface area contributed by atoms with Crippen molar-refractivity contribution in [3.63, 3.8) is 0 Å². The van der Waals surface area contributed by atoms with Crippen molar-refractivity contribution in [3.8, 4) is 0 Å². The molecule has 0 radical (unpaired) electrons. The Kier molecular flexibility index (Phi) is 7.92. The Morgan fingerprint density at radius 2 is 1.58 bits per heavy atom. The molecule has 2 aliphatic heterocycles. The maximum atomic E-state index is 13.2. The standard InChI is InChI=1S/C26H35N3OS/c1-2-31-20-24-14-9-17-29(24)23-15-18-28(19-16-23)26(30)27-25(21-10-5-3-6-11-21)22-12-7-4-8-13-22/h3-8,10-13,23-25H,2,9,14-20H2,1H3,(H,27,30)/t24-/m0/s1. The van der Waals surface area contributed by atoms with Crippen LogP contribution in [-0.2, 0) is 0 Å². The Bertz CT molecular complexity index is 768. The van der Waals surface area contributed by atoms with Crippen LogP contribution < -0.4 is 5.32 Å². The second kappa shape index (κ2) is 11.1. The summed E-state index contributed by atoms with van der Waals surface area (Å²) >= 11 is 2.06. The maximum Gasteiger partial charge on any atom is 0.318 e. The molecule has 2 saturated heterocycles. The number of urea groups is 1. The molecule has 0 spiro atoms. The van der Waals surface area contributed by atoms with E-state index in [1.165, 1.54) is 30.9 Å². The molecule has 2 fully saturated rings. The predicted molar refractivity (Wildman–Crippen MR) is 131 cm³/mol. The molecule has 166 valence electrons. The lowest BCUT2D eigenvalue weighted by molar-refractivity contribution is 0.113. The molecule has 0 bridgehead atoms. The smallest absolute Gasteiger partial charge is 0.318 e. The Morgan fingerprint density at radius 3 is 2.16 bits per heavy atom. The Hall–Kier alpha value is -1.98. The van der Waals surface area contributed by atoms with Crippen LogP contribution >= 0.6 is 11.8 Å². The minimum absolute atomic E-state index is 0.0515. The lowest BCUT2D eigenvalue weighted by atomic mass is 9.98. The fourth-order valence-electron chi connectivity index (χ4n) is 5.04. The number of benzene rings is 2. The van der Waals surface area contributed by atoms with Crippen LogP contribution in [0.5, 0.6) is 0 Å². The van der Waals surface area contributed by atoms with Gasteiger partial charge in [-0.2, -0.15) is 11.8 Å². The van der Waals surface area contributed by atoms with Gasteiger partial charge in [0.15, 0.2) is 0 Å². The van der Waals surface area contributed by atoms with Gasteiger partial charge in [0, 0.05) is 30.9 Å². The Morgan fingerprint density at radius 1 is 0.968 bits per heavy atom. The van der Waals surface area contributed by atoms with Crippen molar-refractivity contribution in [2.45, 2.75) is 50.7 Å². The van der Waals surface area contributed by atoms with Crippen molar-refractivity contribution in [3.05, 3.63) is 71.8 Å². The molecule has 0 aliphatic carbocycles. The molecule has 5 heteroatoms. The summed E-state index contributed by atoms with van der Waals surface area (Å²) in [4.78, 5) is 17.9. The fraction of sp³-hybridized carbons (Fsp3) is 0.500. The van der Waals surface area contributed by atoms with Crippen molar-refractivity contribution >= 4 is 17.8 Å². The summed E-state index contributed by atoms with van der Waals surface area (Å²) in [6.45, 7) is 5.17. The van der Waals surface area contributed by atoms with Crippen molar-refractivity contribution in [1.82, 2.24) is 15.1 Å². The van der Waals surface area contributed by atoms with Crippen LogP contribution in [0.15, 0.2) is 60.7 Å². The number of hydrogen-bond acceptors (Lipinski definition) is 3. The van der Waals surface area contributed by atoms with E-state index in [1.54, 1.807) is 0 Å². The first kappa shape index (κ1) is 22.2. The predicted octanol–water partition coefficient (Wildman–Crippen LogP) is 5.17. The van der Waals surface area contributed by atoms with Gasteiger partial charge in [-0.3, -0.25) is 4.90 Å². The number of thioether (sulfide) groups is 1. The third kappa shape index (κ3) is 5.64. The van der Waals surface area contributed by atoms with E-state index in [2.05, 4.69) is 53.2 Å². The zero-order valence-electron chi connectivity index (χ0n) is 18.6. The molecule has 4 rings (SSSR count). The zero-order valence-corrected chi connectivity index (χ0v) is 19.4. The van der Waals surface area contributed by atoms with Gasteiger partial charge in [-0.15, -0.1) is 0 Å². The third-order valence-corrected chi connectivity index (χ3v) is 7.72. The average molecular weight is 438 g/mol. The number of nitrogens with zero attached hydrogens (tertiary/aromatic N) is 2. The van der Waals surface area contributed by atoms with Gasteiger partial charge in [-0.05, 0) is 49.1 Å². The minimum atomic E-state index is -0.123. The summed E-state index contributed by atoms with van der Waals surface area (Å²) < 4.78 is 0. The Labute approximate surface area is 191 Å². The number of nitrogens with one attached hydrogen (secondary N) is 1. The molecule has 0 saturated carbocycles. The van der Waals surface area contributed by atoms with Crippen molar-refractivity contribution in [2.75, 3.05) is 31.1 Å². The van der Waals surface area contributed by atoms with Crippen LogP contribution in [0.25, 0.3) is 0 Å². The zero-order chi connectivity index (χ0) is 21.5. The summed E-state index contributed by atoms with van der Waals surface area (Å²) in [5.74, 6) is 2.46. The summed E-state index contributed by atoms with van der Waals surface area (Å²) in [5.41, 5.74) is 2.23. The molecular formula is C26H35N3OS. The van der Waals surface area contributed by atoms with E-state index in [-0.39, 0.29) is 12.1 Å². The summed E-state index contributed by atoms with van der Waals surface area (Å²) in [6, 6.07) is 21.8. The first-order valence-electron chi connectivity index (χ1n) is 11.7. The molecule has 0 aromatic heterocycles. The molecular weight excluding hydrogens is 402 g/mol. The molecule has 2 amide bonds. The Balaban J connectivity index is 1.36. The fourth-order valence-corrected chi connectivity index (χ4v) is 5.90. The van der Waals surface area contributed by atoms with Gasteiger partial charge < -0.3 is 10.2 Å². The van der Waals surface area contributed by atoms with Gasteiger partial charge in [0.25, 0.3) is 0 Å². The van der Waals surface area contributed by atoms with E-state index in [9.17, 15) is 4.79 Å². The van der Waals surface area contributed by atoms with E-state index < -0.39 is 0 Å². The topological polar surface area (TPSA) is 35.6 Å². The first-order valence-corrected chi connectivity index (χ1v) is 12.9. The van der Waals surface area contributed by atoms with Crippen LogP contribution in [0.2, 0.25) is 0 Å². The van der Waals surface area contributed by atoms with Gasteiger partial charge in [-0.1, -0.05) is 67.6 Å². The number of carbonyl (C=O) groups is 1. The molecule has 4 nitrogen and oxygen atoms in total. The number of amides is 2. The number of piperidine rings is 1. The molecule has 31 heavy (non-hydrogen) atoms. The largest absolute Gasteiger partial charge is 0.327 e. The molecule has 2 aromatic carbocycles. The van der Waals surface area contributed by atoms with Crippen LogP contribution in [0, 0.1) is 0 Å². The number of hydrogen-bond donors (Lipinski definition) is 1. The van der Waals surface area contributed by atoms with E-state index in [1.807, 2.05) is 41.3 Å². The van der Waals surface area contributed by atoms with Crippen molar-refractivity contribution in [1.29, 1.82) is 0 Å². The highest BCUT2D eigenvalue weighted by atomic mass is 32.2. The highest BCUT2D eigenvalue weighted by molar-refractivity contribution is 7.99. The summed E-state index contributed by atoms with van der Waals surface area (Å²) in [5, 5.41) is 3.31. The third-order valence-electron chi connectivity index (χ3n) is 6.69. The normalized spacial score (nSPS) is 20.3. The van der Waals surface area contributed by atoms with Crippen LogP contribution in [0.1, 0.15) is 49.8 Å². The lowest BCUT2D eigenvalue weighted by Crippen LogP contribution is -2.51. The lowest BCUT2D eigenvalue weighted by Gasteiger charge is -2.39. The average Bonchev–Trinajstić information content (AvgIpc) is 3.31. The summed E-state index contributed by atoms with van der Waals surface area (Å²) in [7, 11) is 0. The first-order chi connectivity index (χ1) is 15.3. The molecule has 2 aromatic rings. The monoisotopic (exact) mass is 437 g/mol. The second-order valence-electron chi connectivity index (χ2n) is 8.62. The van der Waals surface area contributed by atoms with E-state index in [0.29, 0.717) is 6.04 Å². The summed E-state index contributed by atoms with van der Waals surface area (Å²) in [6.07, 6.45) is 4.83. The second-order valence-corrected chi connectivity index (χ2v) is 9.93. The maximum absolute atomic E-state index is 13.2.